The molecule has 2 heterocycles. The molecule has 0 amide bonds. The standard InChI is InChI=1S/C16H21F3N2O/c1-11-7-21-10-15(22)6-14(21)9-20(11)8-12-2-4-13(5-3-12)16(17,18)19/h2-5,11,14-15,22H,6-10H2,1H3/t11-,14?,15-/m1/s1. The molecule has 22 heavy (non-hydrogen) atoms. The van der Waals surface area contributed by atoms with E-state index in [4.69, 9.17) is 0 Å². The molecule has 122 valence electrons. The zero-order valence-electron chi connectivity index (χ0n) is 12.6. The van der Waals surface area contributed by atoms with Crippen LogP contribution in [-0.4, -0.2) is 52.7 Å². The van der Waals surface area contributed by atoms with Crippen LogP contribution < -0.4 is 0 Å². The lowest BCUT2D eigenvalue weighted by atomic mass is 10.1. The van der Waals surface area contributed by atoms with Crippen LogP contribution in [0.3, 0.4) is 0 Å². The lowest BCUT2D eigenvalue weighted by molar-refractivity contribution is -0.137. The minimum atomic E-state index is -4.28. The van der Waals surface area contributed by atoms with Crippen LogP contribution in [-0.2, 0) is 12.7 Å². The number of aliphatic hydroxyl groups excluding tert-OH is 1. The fraction of sp³-hybridized carbons (Fsp3) is 0.625. The van der Waals surface area contributed by atoms with E-state index in [1.807, 2.05) is 0 Å². The summed E-state index contributed by atoms with van der Waals surface area (Å²) < 4.78 is 37.8. The third-order valence-electron chi connectivity index (χ3n) is 4.74. The molecule has 2 aliphatic rings. The van der Waals surface area contributed by atoms with E-state index in [-0.39, 0.29) is 6.10 Å². The van der Waals surface area contributed by atoms with Crippen molar-refractivity contribution in [1.82, 2.24) is 9.80 Å². The molecule has 3 nitrogen and oxygen atoms in total. The van der Waals surface area contributed by atoms with Gasteiger partial charge in [-0.15, -0.1) is 0 Å². The Bertz CT molecular complexity index is 517. The van der Waals surface area contributed by atoms with Gasteiger partial charge >= 0.3 is 6.18 Å². The SMILES string of the molecule is C[C@@H]1CN2C[C@H](O)CC2CN1Cc1ccc(C(F)(F)F)cc1. The van der Waals surface area contributed by atoms with Crippen molar-refractivity contribution >= 4 is 0 Å². The van der Waals surface area contributed by atoms with Gasteiger partial charge in [-0.2, -0.15) is 13.2 Å². The first-order chi connectivity index (χ1) is 10.3. The zero-order valence-corrected chi connectivity index (χ0v) is 12.6. The van der Waals surface area contributed by atoms with Crippen molar-refractivity contribution in [1.29, 1.82) is 0 Å². The van der Waals surface area contributed by atoms with E-state index < -0.39 is 11.7 Å². The van der Waals surface area contributed by atoms with Gasteiger partial charge in [-0.25, -0.2) is 0 Å². The number of hydrogen-bond acceptors (Lipinski definition) is 3. The Morgan fingerprint density at radius 2 is 1.82 bits per heavy atom. The van der Waals surface area contributed by atoms with Gasteiger partial charge in [0.25, 0.3) is 0 Å². The first-order valence-corrected chi connectivity index (χ1v) is 7.65. The fourth-order valence-electron chi connectivity index (χ4n) is 3.53. The van der Waals surface area contributed by atoms with Gasteiger partial charge < -0.3 is 5.11 Å². The van der Waals surface area contributed by atoms with Crippen LogP contribution in [0, 0.1) is 0 Å². The first kappa shape index (κ1) is 15.8. The van der Waals surface area contributed by atoms with E-state index in [0.717, 1.165) is 43.8 Å². The number of piperazine rings is 1. The summed E-state index contributed by atoms with van der Waals surface area (Å²) in [5, 5.41) is 9.76. The highest BCUT2D eigenvalue weighted by Gasteiger charge is 2.38. The molecule has 3 atom stereocenters. The Balaban J connectivity index is 1.65. The monoisotopic (exact) mass is 314 g/mol. The Labute approximate surface area is 128 Å². The summed E-state index contributed by atoms with van der Waals surface area (Å²) >= 11 is 0. The van der Waals surface area contributed by atoms with Gasteiger partial charge in [-0.1, -0.05) is 12.1 Å². The van der Waals surface area contributed by atoms with Crippen LogP contribution in [0.1, 0.15) is 24.5 Å². The van der Waals surface area contributed by atoms with Gasteiger partial charge in [0.2, 0.25) is 0 Å². The third-order valence-corrected chi connectivity index (χ3v) is 4.74. The molecule has 6 heteroatoms. The molecule has 1 aromatic carbocycles. The van der Waals surface area contributed by atoms with Crippen LogP contribution in [0.5, 0.6) is 0 Å². The van der Waals surface area contributed by atoms with Crippen molar-refractivity contribution in [2.45, 2.75) is 44.3 Å². The second-order valence-corrected chi connectivity index (χ2v) is 6.47. The largest absolute Gasteiger partial charge is 0.416 e. The first-order valence-electron chi connectivity index (χ1n) is 7.65. The normalized spacial score (nSPS) is 30.5. The van der Waals surface area contributed by atoms with Crippen molar-refractivity contribution in [2.24, 2.45) is 0 Å². The lowest BCUT2D eigenvalue weighted by Crippen LogP contribution is -2.54. The minimum Gasteiger partial charge on any atom is -0.392 e. The molecular weight excluding hydrogens is 293 g/mol. The number of fused-ring (bicyclic) bond motifs is 1. The predicted molar refractivity (Wildman–Crippen MR) is 77.3 cm³/mol. The molecule has 0 aromatic heterocycles. The molecular formula is C16H21F3N2O. The Hall–Kier alpha value is -1.11. The van der Waals surface area contributed by atoms with Crippen molar-refractivity contribution in [3.63, 3.8) is 0 Å². The van der Waals surface area contributed by atoms with Gasteiger partial charge in [-0.05, 0) is 31.0 Å². The third kappa shape index (κ3) is 3.29. The molecule has 0 radical (unpaired) electrons. The summed E-state index contributed by atoms with van der Waals surface area (Å²) in [5.41, 5.74) is 0.292. The van der Waals surface area contributed by atoms with E-state index in [0.29, 0.717) is 18.6 Å². The van der Waals surface area contributed by atoms with Crippen molar-refractivity contribution in [3.8, 4) is 0 Å². The van der Waals surface area contributed by atoms with E-state index in [1.165, 1.54) is 0 Å². The summed E-state index contributed by atoms with van der Waals surface area (Å²) in [6.07, 6.45) is -3.74. The summed E-state index contributed by atoms with van der Waals surface area (Å²) in [5.74, 6) is 0. The van der Waals surface area contributed by atoms with Crippen LogP contribution in [0.25, 0.3) is 0 Å². The van der Waals surface area contributed by atoms with E-state index >= 15 is 0 Å². The molecule has 0 bridgehead atoms. The molecule has 2 fully saturated rings. The van der Waals surface area contributed by atoms with Gasteiger partial charge in [0, 0.05) is 38.3 Å². The summed E-state index contributed by atoms with van der Waals surface area (Å²) in [4.78, 5) is 4.61. The van der Waals surface area contributed by atoms with Gasteiger partial charge in [0.1, 0.15) is 0 Å². The van der Waals surface area contributed by atoms with E-state index in [2.05, 4.69) is 16.7 Å². The number of benzene rings is 1. The molecule has 3 rings (SSSR count). The average molecular weight is 314 g/mol. The topological polar surface area (TPSA) is 26.7 Å². The van der Waals surface area contributed by atoms with Crippen LogP contribution in [0.2, 0.25) is 0 Å². The molecule has 0 spiro atoms. The maximum absolute atomic E-state index is 12.6. The van der Waals surface area contributed by atoms with E-state index in [9.17, 15) is 18.3 Å². The van der Waals surface area contributed by atoms with Gasteiger partial charge in [0.15, 0.2) is 0 Å². The van der Waals surface area contributed by atoms with Crippen LogP contribution >= 0.6 is 0 Å². The fourth-order valence-corrected chi connectivity index (χ4v) is 3.53. The van der Waals surface area contributed by atoms with E-state index in [1.54, 1.807) is 12.1 Å². The molecule has 1 N–H and O–H groups in total. The number of nitrogens with zero attached hydrogens (tertiary/aromatic N) is 2. The van der Waals surface area contributed by atoms with Crippen molar-refractivity contribution in [2.75, 3.05) is 19.6 Å². The lowest BCUT2D eigenvalue weighted by Gasteiger charge is -2.42. The number of aliphatic hydroxyl groups is 1. The second kappa shape index (κ2) is 5.83. The number of alkyl halides is 3. The van der Waals surface area contributed by atoms with Crippen molar-refractivity contribution < 1.29 is 18.3 Å². The molecule has 2 saturated heterocycles. The van der Waals surface area contributed by atoms with Gasteiger partial charge in [-0.3, -0.25) is 9.80 Å². The summed E-state index contributed by atoms with van der Waals surface area (Å²) in [6.45, 7) is 5.29. The van der Waals surface area contributed by atoms with Crippen LogP contribution in [0.15, 0.2) is 24.3 Å². The van der Waals surface area contributed by atoms with Crippen LogP contribution in [0.4, 0.5) is 13.2 Å². The number of hydrogen-bond donors (Lipinski definition) is 1. The highest BCUT2D eigenvalue weighted by molar-refractivity contribution is 5.24. The average Bonchev–Trinajstić information content (AvgIpc) is 2.78. The zero-order chi connectivity index (χ0) is 15.9. The highest BCUT2D eigenvalue weighted by atomic mass is 19.4. The number of halogens is 3. The number of rotatable bonds is 2. The second-order valence-electron chi connectivity index (χ2n) is 6.47. The predicted octanol–water partition coefficient (Wildman–Crippen LogP) is 2.34. The highest BCUT2D eigenvalue weighted by Crippen LogP contribution is 2.30. The quantitative estimate of drug-likeness (QED) is 0.908. The van der Waals surface area contributed by atoms with Gasteiger partial charge in [0.05, 0.1) is 11.7 Å². The van der Waals surface area contributed by atoms with Crippen molar-refractivity contribution in [3.05, 3.63) is 35.4 Å². The molecule has 1 aromatic rings. The molecule has 0 saturated carbocycles. The smallest absolute Gasteiger partial charge is 0.392 e. The Kier molecular flexibility index (Phi) is 4.18. The Morgan fingerprint density at radius 3 is 2.45 bits per heavy atom. The summed E-state index contributed by atoms with van der Waals surface area (Å²) in [7, 11) is 0. The maximum Gasteiger partial charge on any atom is 0.416 e. The molecule has 2 aliphatic heterocycles. The molecule has 0 aliphatic carbocycles. The Morgan fingerprint density at radius 1 is 1.14 bits per heavy atom. The maximum atomic E-state index is 12.6. The summed E-state index contributed by atoms with van der Waals surface area (Å²) in [6, 6.07) is 6.12. The molecule has 1 unspecified atom stereocenters. The minimum absolute atomic E-state index is 0.247.